The molecule has 30 heavy (non-hydrogen) atoms. The van der Waals surface area contributed by atoms with E-state index in [4.69, 9.17) is 9.47 Å². The molecule has 0 heterocycles. The number of urea groups is 1. The number of rotatable bonds is 7. The average Bonchev–Trinajstić information content (AvgIpc) is 2.71. The van der Waals surface area contributed by atoms with Crippen LogP contribution >= 0.6 is 0 Å². The molecule has 0 bridgehead atoms. The lowest BCUT2D eigenvalue weighted by Gasteiger charge is -2.12. The van der Waals surface area contributed by atoms with E-state index in [0.717, 1.165) is 0 Å². The van der Waals surface area contributed by atoms with Gasteiger partial charge in [-0.2, -0.15) is 0 Å². The first kappa shape index (κ1) is 22.5. The highest BCUT2D eigenvalue weighted by atomic mass is 16.5. The molecule has 2 rings (SSSR count). The molecule has 0 aliphatic carbocycles. The highest BCUT2D eigenvalue weighted by Gasteiger charge is 2.13. The Balaban J connectivity index is 1.99. The van der Waals surface area contributed by atoms with Gasteiger partial charge in [0.25, 0.3) is 11.8 Å². The lowest BCUT2D eigenvalue weighted by molar-refractivity contribution is 0.0846. The van der Waals surface area contributed by atoms with Gasteiger partial charge in [0.1, 0.15) is 0 Å². The molecule has 0 aliphatic rings. The van der Waals surface area contributed by atoms with Gasteiger partial charge in [-0.1, -0.05) is 6.07 Å². The standard InChI is InChI=1S/C21H26N4O5/c1-5-30-17-10-9-15(12-18(17)29-4)20(27)25-24-19(26)14-7-6-8-16(11-14)23-21(28)22-13(2)3/h6-13H,5H2,1-4H3,(H,24,26)(H,25,27)(H2,22,23,28). The second-order valence-corrected chi connectivity index (χ2v) is 6.54. The lowest BCUT2D eigenvalue weighted by atomic mass is 10.2. The van der Waals surface area contributed by atoms with Crippen LogP contribution in [0.25, 0.3) is 0 Å². The fourth-order valence-electron chi connectivity index (χ4n) is 2.51. The third-order valence-corrected chi connectivity index (χ3v) is 3.82. The number of nitrogens with one attached hydrogen (secondary N) is 4. The molecule has 9 heteroatoms. The van der Waals surface area contributed by atoms with Crippen molar-refractivity contribution in [2.75, 3.05) is 19.0 Å². The van der Waals surface area contributed by atoms with E-state index in [1.165, 1.54) is 19.2 Å². The minimum Gasteiger partial charge on any atom is -0.493 e. The summed E-state index contributed by atoms with van der Waals surface area (Å²) in [6.07, 6.45) is 0. The first-order valence-corrected chi connectivity index (χ1v) is 9.43. The minimum absolute atomic E-state index is 0.0204. The maximum Gasteiger partial charge on any atom is 0.319 e. The zero-order valence-electron chi connectivity index (χ0n) is 17.4. The van der Waals surface area contributed by atoms with Crippen molar-refractivity contribution in [3.8, 4) is 11.5 Å². The van der Waals surface area contributed by atoms with Crippen molar-refractivity contribution in [2.24, 2.45) is 0 Å². The zero-order chi connectivity index (χ0) is 22.1. The fraction of sp³-hybridized carbons (Fsp3) is 0.286. The summed E-state index contributed by atoms with van der Waals surface area (Å²) in [5.41, 5.74) is 5.70. The number of hydrogen-bond acceptors (Lipinski definition) is 5. The maximum atomic E-state index is 12.4. The van der Waals surface area contributed by atoms with Gasteiger partial charge in [-0.05, 0) is 57.2 Å². The lowest BCUT2D eigenvalue weighted by Crippen LogP contribution is -2.41. The summed E-state index contributed by atoms with van der Waals surface area (Å²) in [7, 11) is 1.48. The van der Waals surface area contributed by atoms with Crippen LogP contribution in [0.3, 0.4) is 0 Å². The highest BCUT2D eigenvalue weighted by Crippen LogP contribution is 2.27. The summed E-state index contributed by atoms with van der Waals surface area (Å²) in [5, 5.41) is 5.34. The molecule has 2 aromatic carbocycles. The van der Waals surface area contributed by atoms with E-state index >= 15 is 0 Å². The molecule has 0 atom stereocenters. The number of methoxy groups -OCH3 is 1. The molecule has 4 amide bonds. The van der Waals surface area contributed by atoms with E-state index in [1.54, 1.807) is 30.3 Å². The number of carbonyl (C=O) groups is 3. The molecule has 4 N–H and O–H groups in total. The second kappa shape index (κ2) is 10.7. The predicted octanol–water partition coefficient (Wildman–Crippen LogP) is 2.70. The van der Waals surface area contributed by atoms with Crippen LogP contribution in [0.4, 0.5) is 10.5 Å². The van der Waals surface area contributed by atoms with Crippen LogP contribution in [0.2, 0.25) is 0 Å². The van der Waals surface area contributed by atoms with Crippen LogP contribution in [-0.2, 0) is 0 Å². The fourth-order valence-corrected chi connectivity index (χ4v) is 2.51. The van der Waals surface area contributed by atoms with Gasteiger partial charge in [0.2, 0.25) is 0 Å². The Morgan fingerprint density at radius 2 is 1.60 bits per heavy atom. The molecule has 0 aromatic heterocycles. The van der Waals surface area contributed by atoms with E-state index in [-0.39, 0.29) is 23.2 Å². The van der Waals surface area contributed by atoms with Crippen molar-refractivity contribution < 1.29 is 23.9 Å². The van der Waals surface area contributed by atoms with Crippen molar-refractivity contribution in [1.82, 2.24) is 16.2 Å². The van der Waals surface area contributed by atoms with Crippen LogP contribution in [0, 0.1) is 0 Å². The van der Waals surface area contributed by atoms with Crippen LogP contribution < -0.4 is 31.0 Å². The molecule has 0 saturated carbocycles. The molecule has 0 aliphatic heterocycles. The smallest absolute Gasteiger partial charge is 0.319 e. The van der Waals surface area contributed by atoms with E-state index in [9.17, 15) is 14.4 Å². The van der Waals surface area contributed by atoms with Gasteiger partial charge in [0.05, 0.1) is 13.7 Å². The number of benzene rings is 2. The van der Waals surface area contributed by atoms with E-state index < -0.39 is 11.8 Å². The summed E-state index contributed by atoms with van der Waals surface area (Å²) < 4.78 is 10.6. The Hall–Kier alpha value is -3.75. The van der Waals surface area contributed by atoms with Gasteiger partial charge in [-0.25, -0.2) is 4.79 Å². The van der Waals surface area contributed by atoms with Gasteiger partial charge < -0.3 is 20.1 Å². The van der Waals surface area contributed by atoms with Gasteiger partial charge in [0, 0.05) is 22.9 Å². The Labute approximate surface area is 175 Å². The highest BCUT2D eigenvalue weighted by molar-refractivity contribution is 6.00. The minimum atomic E-state index is -0.533. The molecule has 160 valence electrons. The average molecular weight is 414 g/mol. The van der Waals surface area contributed by atoms with Crippen molar-refractivity contribution in [2.45, 2.75) is 26.8 Å². The molecular weight excluding hydrogens is 388 g/mol. The molecule has 0 fully saturated rings. The SMILES string of the molecule is CCOc1ccc(C(=O)NNC(=O)c2cccc(NC(=O)NC(C)C)c2)cc1OC. The van der Waals surface area contributed by atoms with Gasteiger partial charge in [-0.3, -0.25) is 20.4 Å². The third kappa shape index (κ3) is 6.40. The number of hydrogen-bond donors (Lipinski definition) is 4. The van der Waals surface area contributed by atoms with E-state index in [1.807, 2.05) is 20.8 Å². The van der Waals surface area contributed by atoms with Crippen LogP contribution in [-0.4, -0.2) is 37.6 Å². The van der Waals surface area contributed by atoms with Crippen molar-refractivity contribution in [1.29, 1.82) is 0 Å². The third-order valence-electron chi connectivity index (χ3n) is 3.82. The maximum absolute atomic E-state index is 12.4. The zero-order valence-corrected chi connectivity index (χ0v) is 17.4. The Morgan fingerprint density at radius 1 is 0.933 bits per heavy atom. The quantitative estimate of drug-likeness (QED) is 0.520. The number of carbonyl (C=O) groups excluding carboxylic acids is 3. The number of hydrazine groups is 1. The van der Waals surface area contributed by atoms with Crippen LogP contribution in [0.1, 0.15) is 41.5 Å². The summed E-state index contributed by atoms with van der Waals surface area (Å²) in [5.74, 6) is -0.120. The Kier molecular flexibility index (Phi) is 8.04. The van der Waals surface area contributed by atoms with Crippen LogP contribution in [0.15, 0.2) is 42.5 Å². The van der Waals surface area contributed by atoms with Crippen molar-refractivity contribution in [3.63, 3.8) is 0 Å². The largest absolute Gasteiger partial charge is 0.493 e. The molecule has 0 saturated heterocycles. The summed E-state index contributed by atoms with van der Waals surface area (Å²) >= 11 is 0. The Morgan fingerprint density at radius 3 is 2.20 bits per heavy atom. The molecule has 0 unspecified atom stereocenters. The topological polar surface area (TPSA) is 118 Å². The van der Waals surface area contributed by atoms with Crippen molar-refractivity contribution >= 4 is 23.5 Å². The molecule has 9 nitrogen and oxygen atoms in total. The number of amides is 4. The van der Waals surface area contributed by atoms with Crippen molar-refractivity contribution in [3.05, 3.63) is 53.6 Å². The molecule has 0 radical (unpaired) electrons. The van der Waals surface area contributed by atoms with Gasteiger partial charge >= 0.3 is 6.03 Å². The van der Waals surface area contributed by atoms with E-state index in [0.29, 0.717) is 23.8 Å². The second-order valence-electron chi connectivity index (χ2n) is 6.54. The summed E-state index contributed by atoms with van der Waals surface area (Å²) in [6.45, 7) is 5.99. The predicted molar refractivity (Wildman–Crippen MR) is 113 cm³/mol. The van der Waals surface area contributed by atoms with Gasteiger partial charge in [0.15, 0.2) is 11.5 Å². The first-order chi connectivity index (χ1) is 14.3. The molecule has 0 spiro atoms. The number of anilines is 1. The van der Waals surface area contributed by atoms with Gasteiger partial charge in [-0.15, -0.1) is 0 Å². The monoisotopic (exact) mass is 414 g/mol. The summed E-state index contributed by atoms with van der Waals surface area (Å²) in [6, 6.07) is 10.6. The molecular formula is C21H26N4O5. The van der Waals surface area contributed by atoms with Crippen LogP contribution in [0.5, 0.6) is 11.5 Å². The van der Waals surface area contributed by atoms with E-state index in [2.05, 4.69) is 21.5 Å². The molecule has 2 aromatic rings. The summed E-state index contributed by atoms with van der Waals surface area (Å²) in [4.78, 5) is 36.5. The normalized spacial score (nSPS) is 10.2. The Bertz CT molecular complexity index is 914. The first-order valence-electron chi connectivity index (χ1n) is 9.43. The number of ether oxygens (including phenoxy) is 2.